The zero-order chi connectivity index (χ0) is 14.4. The molecule has 4 nitrogen and oxygen atoms in total. The van der Waals surface area contributed by atoms with Crippen molar-refractivity contribution in [2.24, 2.45) is 5.73 Å². The molecule has 2 N–H and O–H groups in total. The van der Waals surface area contributed by atoms with Crippen molar-refractivity contribution in [1.82, 2.24) is 9.80 Å². The van der Waals surface area contributed by atoms with E-state index in [2.05, 4.69) is 35.9 Å². The second-order valence-corrected chi connectivity index (χ2v) is 5.63. The normalized spacial score (nSPS) is 18.9. The van der Waals surface area contributed by atoms with Crippen molar-refractivity contribution in [3.05, 3.63) is 29.8 Å². The zero-order valence-corrected chi connectivity index (χ0v) is 12.7. The van der Waals surface area contributed by atoms with Gasteiger partial charge in [-0.1, -0.05) is 19.1 Å². The van der Waals surface area contributed by atoms with Crippen LogP contribution in [-0.4, -0.2) is 56.2 Å². The summed E-state index contributed by atoms with van der Waals surface area (Å²) in [6.07, 6.45) is 1.03. The maximum atomic E-state index is 6.31. The topological polar surface area (TPSA) is 41.7 Å². The van der Waals surface area contributed by atoms with Crippen LogP contribution in [0.15, 0.2) is 24.3 Å². The van der Waals surface area contributed by atoms with Gasteiger partial charge in [0.1, 0.15) is 5.75 Å². The largest absolute Gasteiger partial charge is 0.494 e. The fraction of sp³-hybridized carbons (Fsp3) is 0.625. The van der Waals surface area contributed by atoms with E-state index in [1.807, 2.05) is 12.1 Å². The van der Waals surface area contributed by atoms with Crippen LogP contribution in [0.4, 0.5) is 0 Å². The Hall–Kier alpha value is -1.10. The Labute approximate surface area is 122 Å². The molecular weight excluding hydrogens is 250 g/mol. The van der Waals surface area contributed by atoms with Crippen molar-refractivity contribution in [2.75, 3.05) is 46.4 Å². The maximum Gasteiger partial charge on any atom is 0.119 e. The number of hydrogen-bond acceptors (Lipinski definition) is 4. The van der Waals surface area contributed by atoms with Gasteiger partial charge in [0.05, 0.1) is 6.61 Å². The summed E-state index contributed by atoms with van der Waals surface area (Å²) in [5, 5.41) is 0. The molecule has 20 heavy (non-hydrogen) atoms. The van der Waals surface area contributed by atoms with Gasteiger partial charge in [-0.3, -0.25) is 4.90 Å². The lowest BCUT2D eigenvalue weighted by Crippen LogP contribution is -2.46. The van der Waals surface area contributed by atoms with Gasteiger partial charge in [0.25, 0.3) is 0 Å². The molecular formula is C16H27N3O. The minimum atomic E-state index is 0.0821. The van der Waals surface area contributed by atoms with Gasteiger partial charge in [-0.05, 0) is 31.2 Å². The summed E-state index contributed by atoms with van der Waals surface area (Å²) >= 11 is 0. The van der Waals surface area contributed by atoms with Gasteiger partial charge in [-0.2, -0.15) is 0 Å². The number of nitrogens with two attached hydrogens (primary N) is 1. The predicted octanol–water partition coefficient (Wildman–Crippen LogP) is 1.72. The van der Waals surface area contributed by atoms with Crippen LogP contribution < -0.4 is 10.5 Å². The molecule has 0 radical (unpaired) electrons. The maximum absolute atomic E-state index is 6.31. The molecule has 1 aromatic carbocycles. The van der Waals surface area contributed by atoms with Gasteiger partial charge in [0, 0.05) is 38.8 Å². The number of nitrogens with zero attached hydrogens (tertiary/aromatic N) is 2. The third-order valence-corrected chi connectivity index (χ3v) is 3.83. The Morgan fingerprint density at radius 1 is 1.15 bits per heavy atom. The molecule has 1 fully saturated rings. The summed E-state index contributed by atoms with van der Waals surface area (Å²) in [5.41, 5.74) is 7.50. The highest BCUT2D eigenvalue weighted by molar-refractivity contribution is 5.29. The highest BCUT2D eigenvalue weighted by Crippen LogP contribution is 2.18. The van der Waals surface area contributed by atoms with E-state index < -0.39 is 0 Å². The highest BCUT2D eigenvalue weighted by atomic mass is 16.5. The second kappa shape index (κ2) is 7.62. The Kier molecular flexibility index (Phi) is 5.83. The minimum Gasteiger partial charge on any atom is -0.494 e. The quantitative estimate of drug-likeness (QED) is 0.860. The smallest absolute Gasteiger partial charge is 0.119 e. The molecule has 0 amide bonds. The van der Waals surface area contributed by atoms with Crippen molar-refractivity contribution < 1.29 is 4.74 Å². The molecule has 112 valence electrons. The molecule has 1 saturated heterocycles. The Morgan fingerprint density at radius 2 is 1.80 bits per heavy atom. The van der Waals surface area contributed by atoms with E-state index >= 15 is 0 Å². The first kappa shape index (κ1) is 15.3. The van der Waals surface area contributed by atoms with Gasteiger partial charge in [0.15, 0.2) is 0 Å². The lowest BCUT2D eigenvalue weighted by atomic mass is 10.1. The fourth-order valence-corrected chi connectivity index (χ4v) is 2.45. The predicted molar refractivity (Wildman–Crippen MR) is 83.1 cm³/mol. The molecule has 0 aliphatic carbocycles. The number of ether oxygens (including phenoxy) is 1. The molecule has 0 bridgehead atoms. The van der Waals surface area contributed by atoms with Gasteiger partial charge < -0.3 is 15.4 Å². The van der Waals surface area contributed by atoms with Crippen molar-refractivity contribution in [3.63, 3.8) is 0 Å². The second-order valence-electron chi connectivity index (χ2n) is 5.63. The van der Waals surface area contributed by atoms with Crippen molar-refractivity contribution in [3.8, 4) is 5.75 Å². The lowest BCUT2D eigenvalue weighted by Gasteiger charge is -2.33. The third-order valence-electron chi connectivity index (χ3n) is 3.83. The Bertz CT molecular complexity index is 385. The molecule has 0 aromatic heterocycles. The average Bonchev–Trinajstić information content (AvgIpc) is 2.48. The third kappa shape index (κ3) is 4.47. The van der Waals surface area contributed by atoms with E-state index in [0.29, 0.717) is 0 Å². The summed E-state index contributed by atoms with van der Waals surface area (Å²) in [4.78, 5) is 4.81. The number of rotatable bonds is 6. The van der Waals surface area contributed by atoms with Crippen LogP contribution in [0, 0.1) is 0 Å². The number of benzene rings is 1. The number of piperazine rings is 1. The van der Waals surface area contributed by atoms with Crippen molar-refractivity contribution in [1.29, 1.82) is 0 Å². The SMILES string of the molecule is CCCOc1ccc(C(N)CN2CCN(C)CC2)cc1. The Morgan fingerprint density at radius 3 is 2.40 bits per heavy atom. The van der Waals surface area contributed by atoms with Crippen LogP contribution in [-0.2, 0) is 0 Å². The molecule has 1 aromatic rings. The minimum absolute atomic E-state index is 0.0821. The van der Waals surface area contributed by atoms with Crippen molar-refractivity contribution >= 4 is 0 Å². The summed E-state index contributed by atoms with van der Waals surface area (Å²) < 4.78 is 5.59. The monoisotopic (exact) mass is 277 g/mol. The molecule has 0 saturated carbocycles. The first-order valence-electron chi connectivity index (χ1n) is 7.58. The van der Waals surface area contributed by atoms with Gasteiger partial charge in [-0.15, -0.1) is 0 Å². The van der Waals surface area contributed by atoms with Gasteiger partial charge in [0.2, 0.25) is 0 Å². The molecule has 2 rings (SSSR count). The highest BCUT2D eigenvalue weighted by Gasteiger charge is 2.17. The van der Waals surface area contributed by atoms with E-state index in [0.717, 1.165) is 51.5 Å². The molecule has 4 heteroatoms. The van der Waals surface area contributed by atoms with Crippen LogP contribution in [0.2, 0.25) is 0 Å². The Balaban J connectivity index is 1.84. The van der Waals surface area contributed by atoms with Gasteiger partial charge in [-0.25, -0.2) is 0 Å². The summed E-state index contributed by atoms with van der Waals surface area (Å²) in [7, 11) is 2.17. The van der Waals surface area contributed by atoms with E-state index in [9.17, 15) is 0 Å². The summed E-state index contributed by atoms with van der Waals surface area (Å²) in [5.74, 6) is 0.933. The van der Waals surface area contributed by atoms with Gasteiger partial charge >= 0.3 is 0 Å². The summed E-state index contributed by atoms with van der Waals surface area (Å²) in [6, 6.07) is 8.31. The van der Waals surface area contributed by atoms with Crippen LogP contribution >= 0.6 is 0 Å². The van der Waals surface area contributed by atoms with Crippen LogP contribution in [0.5, 0.6) is 5.75 Å². The number of likely N-dealkylation sites (N-methyl/N-ethyl adjacent to an activating group) is 1. The molecule has 1 atom stereocenters. The average molecular weight is 277 g/mol. The first-order valence-corrected chi connectivity index (χ1v) is 7.58. The van der Waals surface area contributed by atoms with Crippen LogP contribution in [0.1, 0.15) is 24.9 Å². The van der Waals surface area contributed by atoms with E-state index in [-0.39, 0.29) is 6.04 Å². The molecule has 1 heterocycles. The first-order chi connectivity index (χ1) is 9.69. The zero-order valence-electron chi connectivity index (χ0n) is 12.7. The summed E-state index contributed by atoms with van der Waals surface area (Å²) in [6.45, 7) is 8.31. The lowest BCUT2D eigenvalue weighted by molar-refractivity contribution is 0.147. The van der Waals surface area contributed by atoms with E-state index in [1.165, 1.54) is 5.56 Å². The van der Waals surface area contributed by atoms with Crippen LogP contribution in [0.25, 0.3) is 0 Å². The van der Waals surface area contributed by atoms with E-state index in [1.54, 1.807) is 0 Å². The number of hydrogen-bond donors (Lipinski definition) is 1. The molecule has 1 aliphatic heterocycles. The van der Waals surface area contributed by atoms with Crippen molar-refractivity contribution in [2.45, 2.75) is 19.4 Å². The molecule has 1 aliphatic rings. The van der Waals surface area contributed by atoms with Crippen LogP contribution in [0.3, 0.4) is 0 Å². The van der Waals surface area contributed by atoms with E-state index in [4.69, 9.17) is 10.5 Å². The molecule has 0 spiro atoms. The molecule has 1 unspecified atom stereocenters. The fourth-order valence-electron chi connectivity index (χ4n) is 2.45. The standard InChI is InChI=1S/C16H27N3O/c1-3-12-20-15-6-4-14(5-7-15)16(17)13-19-10-8-18(2)9-11-19/h4-7,16H,3,8-13,17H2,1-2H3.